The molecule has 0 radical (unpaired) electrons. The third kappa shape index (κ3) is 6.48. The molecule has 0 bridgehead atoms. The highest BCUT2D eigenvalue weighted by molar-refractivity contribution is 7.93. The summed E-state index contributed by atoms with van der Waals surface area (Å²) < 4.78 is 28.1. The summed E-state index contributed by atoms with van der Waals surface area (Å²) in [6.07, 6.45) is 1.69. The molecule has 198 valence electrons. The van der Waals surface area contributed by atoms with Crippen LogP contribution in [0.15, 0.2) is 53.6 Å². The smallest absolute Gasteiger partial charge is 0.324 e. The number of aromatic nitrogens is 2. The van der Waals surface area contributed by atoms with Crippen molar-refractivity contribution in [3.63, 3.8) is 0 Å². The van der Waals surface area contributed by atoms with Crippen molar-refractivity contribution in [2.45, 2.75) is 25.7 Å². The molecule has 0 spiro atoms. The first-order chi connectivity index (χ1) is 17.1. The van der Waals surface area contributed by atoms with Gasteiger partial charge in [-0.05, 0) is 62.2 Å². The zero-order valence-corrected chi connectivity index (χ0v) is 22.6. The van der Waals surface area contributed by atoms with E-state index in [0.717, 1.165) is 36.0 Å². The number of sulfonamides is 1. The van der Waals surface area contributed by atoms with E-state index in [-0.39, 0.29) is 23.0 Å². The van der Waals surface area contributed by atoms with Crippen LogP contribution in [0, 0.1) is 20.8 Å². The molecule has 1 fully saturated rings. The fraction of sp³-hybridized carbons (Fsp3) is 0.320. The Hall–Kier alpha value is -3.41. The Balaban J connectivity index is 0.00000380. The van der Waals surface area contributed by atoms with Crippen LogP contribution in [0.5, 0.6) is 0 Å². The van der Waals surface area contributed by atoms with Crippen molar-refractivity contribution in [2.75, 3.05) is 47.2 Å². The van der Waals surface area contributed by atoms with Gasteiger partial charge in [0.15, 0.2) is 0 Å². The molecule has 10 nitrogen and oxygen atoms in total. The van der Waals surface area contributed by atoms with Crippen molar-refractivity contribution < 1.29 is 18.3 Å². The molecule has 0 amide bonds. The maximum atomic E-state index is 13.6. The number of carboxylic acids is 1. The van der Waals surface area contributed by atoms with Crippen LogP contribution in [-0.2, 0) is 14.8 Å². The van der Waals surface area contributed by atoms with Crippen LogP contribution in [0.4, 0.5) is 23.1 Å². The highest BCUT2D eigenvalue weighted by atomic mass is 35.5. The second-order valence-electron chi connectivity index (χ2n) is 8.78. The van der Waals surface area contributed by atoms with Crippen molar-refractivity contribution in [3.05, 3.63) is 65.4 Å². The van der Waals surface area contributed by atoms with E-state index in [1.54, 1.807) is 62.5 Å². The second-order valence-corrected chi connectivity index (χ2v) is 10.6. The lowest BCUT2D eigenvalue weighted by Crippen LogP contribution is -2.44. The number of rotatable bonds is 8. The summed E-state index contributed by atoms with van der Waals surface area (Å²) in [5.74, 6) is -0.00231. The zero-order valence-electron chi connectivity index (χ0n) is 20.9. The molecule has 0 saturated carbocycles. The number of aryl methyl sites for hydroxylation is 3. The van der Waals surface area contributed by atoms with Gasteiger partial charge >= 0.3 is 5.97 Å². The van der Waals surface area contributed by atoms with Crippen LogP contribution in [-0.4, -0.2) is 62.2 Å². The average Bonchev–Trinajstić information content (AvgIpc) is 2.83. The Morgan fingerprint density at radius 3 is 2.30 bits per heavy atom. The number of carboxylic acid groups (broad SMARTS) is 1. The van der Waals surface area contributed by atoms with Gasteiger partial charge in [-0.3, -0.25) is 9.10 Å². The molecule has 1 aliphatic heterocycles. The van der Waals surface area contributed by atoms with E-state index in [0.29, 0.717) is 28.6 Å². The minimum absolute atomic E-state index is 0. The lowest BCUT2D eigenvalue weighted by molar-refractivity contribution is -0.135. The number of carbonyl (C=O) groups is 1. The SMILES string of the molecule is Cc1cc(C)c(S(=O)(=O)N(CC(=O)O)c2ccc(Nc3ccnc(N4CCNCC4)n3)cc2)c(C)c1.Cl. The van der Waals surface area contributed by atoms with Crippen molar-refractivity contribution >= 4 is 51.5 Å². The molecular weight excluding hydrogens is 516 g/mol. The average molecular weight is 547 g/mol. The van der Waals surface area contributed by atoms with Crippen LogP contribution in [0.1, 0.15) is 16.7 Å². The fourth-order valence-electron chi connectivity index (χ4n) is 4.42. The van der Waals surface area contributed by atoms with E-state index in [2.05, 4.69) is 25.5 Å². The first-order valence-corrected chi connectivity index (χ1v) is 13.1. The molecule has 4 rings (SSSR count). The van der Waals surface area contributed by atoms with E-state index >= 15 is 0 Å². The molecule has 2 heterocycles. The Morgan fingerprint density at radius 2 is 1.70 bits per heavy atom. The lowest BCUT2D eigenvalue weighted by atomic mass is 10.1. The molecule has 1 aromatic heterocycles. The molecule has 0 unspecified atom stereocenters. The number of benzene rings is 2. The largest absolute Gasteiger partial charge is 0.480 e. The van der Waals surface area contributed by atoms with Crippen LogP contribution < -0.4 is 19.8 Å². The molecule has 1 aliphatic rings. The van der Waals surface area contributed by atoms with E-state index in [4.69, 9.17) is 0 Å². The number of anilines is 4. The fourth-order valence-corrected chi connectivity index (χ4v) is 6.25. The van der Waals surface area contributed by atoms with Gasteiger partial charge in [-0.2, -0.15) is 4.98 Å². The predicted molar refractivity (Wildman–Crippen MR) is 147 cm³/mol. The lowest BCUT2D eigenvalue weighted by Gasteiger charge is -2.27. The molecule has 2 aromatic carbocycles. The molecule has 37 heavy (non-hydrogen) atoms. The van der Waals surface area contributed by atoms with Crippen LogP contribution >= 0.6 is 12.4 Å². The van der Waals surface area contributed by atoms with Crippen molar-refractivity contribution in [3.8, 4) is 0 Å². The van der Waals surface area contributed by atoms with Gasteiger partial charge in [0.25, 0.3) is 10.0 Å². The van der Waals surface area contributed by atoms with Crippen molar-refractivity contribution in [1.29, 1.82) is 0 Å². The third-order valence-corrected chi connectivity index (χ3v) is 7.98. The van der Waals surface area contributed by atoms with Crippen LogP contribution in [0.2, 0.25) is 0 Å². The summed E-state index contributed by atoms with van der Waals surface area (Å²) in [5, 5.41) is 16.0. The summed E-state index contributed by atoms with van der Waals surface area (Å²) in [4.78, 5) is 22.8. The summed E-state index contributed by atoms with van der Waals surface area (Å²) in [6.45, 7) is 8.03. The molecule has 1 saturated heterocycles. The molecule has 3 aromatic rings. The highest BCUT2D eigenvalue weighted by Gasteiger charge is 2.30. The minimum atomic E-state index is -4.12. The van der Waals surface area contributed by atoms with E-state index in [1.165, 1.54) is 0 Å². The number of hydrogen-bond donors (Lipinski definition) is 3. The van der Waals surface area contributed by atoms with Gasteiger partial charge in [-0.1, -0.05) is 17.7 Å². The van der Waals surface area contributed by atoms with Gasteiger partial charge in [0.2, 0.25) is 5.95 Å². The molecule has 0 atom stereocenters. The van der Waals surface area contributed by atoms with Crippen molar-refractivity contribution in [2.24, 2.45) is 0 Å². The second kappa shape index (κ2) is 11.8. The molecule has 0 aliphatic carbocycles. The monoisotopic (exact) mass is 546 g/mol. The van der Waals surface area contributed by atoms with Gasteiger partial charge in [0, 0.05) is 38.1 Å². The third-order valence-electron chi connectivity index (χ3n) is 5.90. The summed E-state index contributed by atoms with van der Waals surface area (Å²) in [6, 6.07) is 11.9. The van der Waals surface area contributed by atoms with Gasteiger partial charge in [0.1, 0.15) is 12.4 Å². The molecule has 3 N–H and O–H groups in total. The summed E-state index contributed by atoms with van der Waals surface area (Å²) in [7, 11) is -4.12. The Bertz CT molecular complexity index is 1340. The van der Waals surface area contributed by atoms with Crippen LogP contribution in [0.25, 0.3) is 0 Å². The Kier molecular flexibility index (Phi) is 8.95. The standard InChI is InChI=1S/C25H30N6O4S.ClH/c1-17-14-18(2)24(19(3)15-17)36(34,35)31(16-23(32)33)21-6-4-20(5-7-21)28-22-8-9-27-25(29-22)30-12-10-26-11-13-30;/h4-9,14-15,26H,10-13,16H2,1-3H3,(H,32,33)(H,27,28,29);1H. The van der Waals surface area contributed by atoms with Crippen LogP contribution in [0.3, 0.4) is 0 Å². The van der Waals surface area contributed by atoms with Gasteiger partial charge in [-0.15, -0.1) is 12.4 Å². The maximum absolute atomic E-state index is 13.6. The Labute approximate surface area is 223 Å². The van der Waals surface area contributed by atoms with Crippen molar-refractivity contribution in [1.82, 2.24) is 15.3 Å². The normalized spacial score (nSPS) is 13.5. The quantitative estimate of drug-likeness (QED) is 0.390. The van der Waals surface area contributed by atoms with E-state index in [1.807, 2.05) is 6.92 Å². The number of halogens is 1. The number of hydrogen-bond acceptors (Lipinski definition) is 8. The highest BCUT2D eigenvalue weighted by Crippen LogP contribution is 2.30. The van der Waals surface area contributed by atoms with E-state index in [9.17, 15) is 18.3 Å². The first-order valence-electron chi connectivity index (χ1n) is 11.6. The zero-order chi connectivity index (χ0) is 25.9. The summed E-state index contributed by atoms with van der Waals surface area (Å²) in [5.41, 5.74) is 3.02. The van der Waals surface area contributed by atoms with E-state index < -0.39 is 22.5 Å². The molecular formula is C25H31ClN6O4S. The number of piperazine rings is 1. The molecule has 12 heteroatoms. The Morgan fingerprint density at radius 1 is 1.08 bits per heavy atom. The van der Waals surface area contributed by atoms with Gasteiger partial charge in [0.05, 0.1) is 10.6 Å². The number of nitrogens with one attached hydrogen (secondary N) is 2. The van der Waals surface area contributed by atoms with Gasteiger partial charge < -0.3 is 20.6 Å². The topological polar surface area (TPSA) is 128 Å². The minimum Gasteiger partial charge on any atom is -0.480 e. The first kappa shape index (κ1) is 28.2. The summed E-state index contributed by atoms with van der Waals surface area (Å²) >= 11 is 0. The number of nitrogens with zero attached hydrogens (tertiary/aromatic N) is 4. The van der Waals surface area contributed by atoms with Gasteiger partial charge in [-0.25, -0.2) is 13.4 Å². The maximum Gasteiger partial charge on any atom is 0.324 e. The predicted octanol–water partition coefficient (Wildman–Crippen LogP) is 3.26. The number of aliphatic carboxylic acids is 1.